The average molecular weight is 186 g/mol. The highest BCUT2D eigenvalue weighted by atomic mass is 28.4. The number of hydrogen-bond acceptors (Lipinski definition) is 5. The standard InChI is InChI=1S/C3H10OSi.H4O4Si/c2*1-5(2,3)4/h4H,1-3H3;1-4H. The van der Waals surface area contributed by atoms with Gasteiger partial charge in [0, 0.05) is 0 Å². The fourth-order valence-electron chi connectivity index (χ4n) is 0. The summed E-state index contributed by atoms with van der Waals surface area (Å²) in [5.41, 5.74) is 0. The second-order valence-corrected chi connectivity index (χ2v) is 8.31. The van der Waals surface area contributed by atoms with Crippen LogP contribution in [0.15, 0.2) is 0 Å². The van der Waals surface area contributed by atoms with Gasteiger partial charge < -0.3 is 24.0 Å². The van der Waals surface area contributed by atoms with E-state index in [0.717, 1.165) is 0 Å². The van der Waals surface area contributed by atoms with Crippen molar-refractivity contribution in [2.45, 2.75) is 19.6 Å². The Labute approximate surface area is 61.8 Å². The van der Waals surface area contributed by atoms with Crippen LogP contribution in [0.2, 0.25) is 19.6 Å². The summed E-state index contributed by atoms with van der Waals surface area (Å²) in [7, 11) is -6.22. The summed E-state index contributed by atoms with van der Waals surface area (Å²) in [6.45, 7) is 5.65. The van der Waals surface area contributed by atoms with E-state index in [-0.39, 0.29) is 0 Å². The molecule has 64 valence electrons. The third kappa shape index (κ3) is 7880. The smallest absolute Gasteiger partial charge is 0.433 e. The molecule has 0 heterocycles. The van der Waals surface area contributed by atoms with Crippen molar-refractivity contribution in [2.75, 3.05) is 0 Å². The van der Waals surface area contributed by atoms with Crippen LogP contribution in [0.1, 0.15) is 0 Å². The normalized spacial score (nSPS) is 12.0. The molecule has 5 nitrogen and oxygen atoms in total. The van der Waals surface area contributed by atoms with Crippen molar-refractivity contribution < 1.29 is 24.0 Å². The van der Waals surface area contributed by atoms with Gasteiger partial charge in [0.1, 0.15) is 0 Å². The fourth-order valence-corrected chi connectivity index (χ4v) is 0. The summed E-state index contributed by atoms with van der Waals surface area (Å²) in [4.78, 5) is 38.0. The zero-order valence-electron chi connectivity index (χ0n) is 6.24. The van der Waals surface area contributed by atoms with E-state index in [1.165, 1.54) is 0 Å². The minimum absolute atomic E-state index is 1.61. The van der Waals surface area contributed by atoms with Crippen LogP contribution in [0, 0.1) is 0 Å². The van der Waals surface area contributed by atoms with Crippen molar-refractivity contribution in [3.05, 3.63) is 0 Å². The predicted molar refractivity (Wildman–Crippen MR) is 40.2 cm³/mol. The van der Waals surface area contributed by atoms with Gasteiger partial charge in [-0.2, -0.15) is 0 Å². The van der Waals surface area contributed by atoms with Crippen LogP contribution in [0.5, 0.6) is 0 Å². The van der Waals surface area contributed by atoms with Crippen LogP contribution in [0.4, 0.5) is 0 Å². The van der Waals surface area contributed by atoms with E-state index in [1.54, 1.807) is 0 Å². The van der Waals surface area contributed by atoms with Crippen LogP contribution in [-0.2, 0) is 0 Å². The molecule has 0 atom stereocenters. The molecule has 0 aliphatic heterocycles. The SMILES string of the molecule is C[Si](C)(C)O.O[Si](O)(O)O. The maximum atomic E-state index is 8.66. The summed E-state index contributed by atoms with van der Waals surface area (Å²) < 4.78 is 0. The first-order valence-electron chi connectivity index (χ1n) is 2.62. The molecule has 0 unspecified atom stereocenters. The fraction of sp³-hybridized carbons (Fsp3) is 1.00. The average Bonchev–Trinajstić information content (AvgIpc) is 1.12. The molecule has 0 aliphatic carbocycles. The highest BCUT2D eigenvalue weighted by Crippen LogP contribution is 1.88. The summed E-state index contributed by atoms with van der Waals surface area (Å²) in [6, 6.07) is 0. The molecule has 0 radical (unpaired) electrons. The minimum Gasteiger partial charge on any atom is -0.433 e. The molecule has 0 saturated carbocycles. The monoisotopic (exact) mass is 186 g/mol. The van der Waals surface area contributed by atoms with Gasteiger partial charge in [0.2, 0.25) is 0 Å². The molecule has 7 heteroatoms. The van der Waals surface area contributed by atoms with Crippen LogP contribution in [-0.4, -0.2) is 41.3 Å². The van der Waals surface area contributed by atoms with E-state index in [9.17, 15) is 0 Å². The van der Waals surface area contributed by atoms with Gasteiger partial charge in [-0.1, -0.05) is 0 Å². The summed E-state index contributed by atoms with van der Waals surface area (Å²) in [5, 5.41) is 0. The van der Waals surface area contributed by atoms with Gasteiger partial charge in [0.25, 0.3) is 0 Å². The molecule has 0 bridgehead atoms. The topological polar surface area (TPSA) is 101 Å². The van der Waals surface area contributed by atoms with Gasteiger partial charge >= 0.3 is 9.05 Å². The lowest BCUT2D eigenvalue weighted by atomic mass is 11.8. The van der Waals surface area contributed by atoms with E-state index in [1.807, 2.05) is 19.6 Å². The third-order valence-corrected chi connectivity index (χ3v) is 0. The number of hydrogen-bond donors (Lipinski definition) is 5. The Morgan fingerprint density at radius 3 is 0.700 bits per heavy atom. The van der Waals surface area contributed by atoms with Gasteiger partial charge in [-0.05, 0) is 19.6 Å². The zero-order valence-corrected chi connectivity index (χ0v) is 8.24. The van der Waals surface area contributed by atoms with Crippen molar-refractivity contribution in [3.8, 4) is 0 Å². The minimum atomic E-state index is -4.61. The molecular weight excluding hydrogens is 172 g/mol. The molecule has 0 spiro atoms. The molecule has 0 aliphatic rings. The molecule has 5 N–H and O–H groups in total. The summed E-state index contributed by atoms with van der Waals surface area (Å²) in [5.74, 6) is 0. The lowest BCUT2D eigenvalue weighted by Gasteiger charge is -2.00. The largest absolute Gasteiger partial charge is 0.668 e. The lowest BCUT2D eigenvalue weighted by molar-refractivity contribution is 0.117. The molecule has 0 saturated heterocycles. The molecule has 0 aromatic carbocycles. The quantitative estimate of drug-likeness (QED) is 0.288. The Hall–Kier alpha value is 0.234. The highest BCUT2D eigenvalue weighted by molar-refractivity contribution is 6.68. The van der Waals surface area contributed by atoms with Gasteiger partial charge in [0.05, 0.1) is 0 Å². The highest BCUT2D eigenvalue weighted by Gasteiger charge is 2.22. The Balaban J connectivity index is 0. The van der Waals surface area contributed by atoms with E-state index >= 15 is 0 Å². The van der Waals surface area contributed by atoms with Crippen molar-refractivity contribution in [1.29, 1.82) is 0 Å². The summed E-state index contributed by atoms with van der Waals surface area (Å²) in [6.07, 6.45) is 0. The second-order valence-electron chi connectivity index (χ2n) is 2.77. The van der Waals surface area contributed by atoms with Crippen molar-refractivity contribution in [3.63, 3.8) is 0 Å². The second kappa shape index (κ2) is 4.18. The van der Waals surface area contributed by atoms with E-state index < -0.39 is 17.4 Å². The first-order valence-corrected chi connectivity index (χ1v) is 7.85. The summed E-state index contributed by atoms with van der Waals surface area (Å²) >= 11 is 0. The van der Waals surface area contributed by atoms with Gasteiger partial charge in [-0.3, -0.25) is 0 Å². The molecule has 10 heavy (non-hydrogen) atoms. The Morgan fingerprint density at radius 1 is 0.700 bits per heavy atom. The molecule has 0 aromatic heterocycles. The predicted octanol–water partition coefficient (Wildman–Crippen LogP) is -1.80. The van der Waals surface area contributed by atoms with E-state index in [4.69, 9.17) is 24.0 Å². The first kappa shape index (κ1) is 12.9. The Kier molecular flexibility index (Phi) is 5.38. The van der Waals surface area contributed by atoms with Crippen molar-refractivity contribution >= 4 is 17.4 Å². The molecular formula is C3H14O5Si2. The Bertz CT molecular complexity index is 57.9. The van der Waals surface area contributed by atoms with Gasteiger partial charge in [0.15, 0.2) is 8.32 Å². The lowest BCUT2D eigenvalue weighted by Crippen LogP contribution is -2.33. The van der Waals surface area contributed by atoms with Crippen molar-refractivity contribution in [1.82, 2.24) is 0 Å². The maximum absolute atomic E-state index is 8.66. The van der Waals surface area contributed by atoms with Crippen molar-refractivity contribution in [2.24, 2.45) is 0 Å². The molecule has 0 aromatic rings. The van der Waals surface area contributed by atoms with E-state index in [2.05, 4.69) is 0 Å². The third-order valence-electron chi connectivity index (χ3n) is 0. The number of rotatable bonds is 0. The van der Waals surface area contributed by atoms with Crippen LogP contribution >= 0.6 is 0 Å². The van der Waals surface area contributed by atoms with Crippen LogP contribution < -0.4 is 0 Å². The van der Waals surface area contributed by atoms with Crippen LogP contribution in [0.3, 0.4) is 0 Å². The molecule has 0 fully saturated rings. The Morgan fingerprint density at radius 2 is 0.700 bits per heavy atom. The maximum Gasteiger partial charge on any atom is 0.668 e. The van der Waals surface area contributed by atoms with Crippen LogP contribution in [0.25, 0.3) is 0 Å². The molecule has 0 rings (SSSR count). The zero-order chi connectivity index (χ0) is 9.00. The van der Waals surface area contributed by atoms with Gasteiger partial charge in [-0.25, -0.2) is 0 Å². The van der Waals surface area contributed by atoms with Gasteiger partial charge in [-0.15, -0.1) is 0 Å². The van der Waals surface area contributed by atoms with E-state index in [0.29, 0.717) is 0 Å². The molecule has 0 amide bonds. The first-order chi connectivity index (χ1) is 4.00.